The lowest BCUT2D eigenvalue weighted by molar-refractivity contribution is -0.132. The fourth-order valence-electron chi connectivity index (χ4n) is 3.04. The van der Waals surface area contributed by atoms with E-state index in [1.807, 2.05) is 54.6 Å². The summed E-state index contributed by atoms with van der Waals surface area (Å²) >= 11 is 0. The number of nitrogens with one attached hydrogen (secondary N) is 1. The van der Waals surface area contributed by atoms with E-state index in [1.54, 1.807) is 31.2 Å². The van der Waals surface area contributed by atoms with Crippen LogP contribution in [0.2, 0.25) is 0 Å². The molecule has 0 spiro atoms. The quantitative estimate of drug-likeness (QED) is 0.639. The Bertz CT molecular complexity index is 921. The molecule has 0 saturated heterocycles. The zero-order valence-corrected chi connectivity index (χ0v) is 16.5. The second-order valence-electron chi connectivity index (χ2n) is 6.74. The highest BCUT2D eigenvalue weighted by Gasteiger charge is 2.25. The van der Waals surface area contributed by atoms with E-state index in [4.69, 9.17) is 9.15 Å². The van der Waals surface area contributed by atoms with Gasteiger partial charge in [-0.05, 0) is 35.4 Å². The van der Waals surface area contributed by atoms with Gasteiger partial charge in [0.25, 0.3) is 5.91 Å². The molecule has 6 nitrogen and oxygen atoms in total. The lowest BCUT2D eigenvalue weighted by Crippen LogP contribution is -2.48. The maximum absolute atomic E-state index is 13.1. The van der Waals surface area contributed by atoms with Crippen molar-refractivity contribution in [2.75, 3.05) is 14.2 Å². The summed E-state index contributed by atoms with van der Waals surface area (Å²) in [5.41, 5.74) is 1.93. The Labute approximate surface area is 170 Å². The third-order valence-corrected chi connectivity index (χ3v) is 4.59. The Morgan fingerprint density at radius 1 is 1.00 bits per heavy atom. The highest BCUT2D eigenvalue weighted by molar-refractivity contribution is 5.95. The van der Waals surface area contributed by atoms with Crippen LogP contribution < -0.4 is 10.1 Å². The van der Waals surface area contributed by atoms with E-state index in [0.29, 0.717) is 13.0 Å². The molecule has 0 fully saturated rings. The van der Waals surface area contributed by atoms with E-state index >= 15 is 0 Å². The van der Waals surface area contributed by atoms with Gasteiger partial charge in [-0.1, -0.05) is 42.5 Å². The maximum atomic E-state index is 13.1. The van der Waals surface area contributed by atoms with E-state index in [-0.39, 0.29) is 11.7 Å². The molecule has 0 aliphatic carbocycles. The second-order valence-corrected chi connectivity index (χ2v) is 6.74. The van der Waals surface area contributed by atoms with Gasteiger partial charge in [-0.3, -0.25) is 9.59 Å². The van der Waals surface area contributed by atoms with Gasteiger partial charge in [0, 0.05) is 20.0 Å². The first-order valence-corrected chi connectivity index (χ1v) is 9.33. The minimum atomic E-state index is -0.710. The van der Waals surface area contributed by atoms with Crippen LogP contribution in [0.15, 0.2) is 77.4 Å². The summed E-state index contributed by atoms with van der Waals surface area (Å²) in [4.78, 5) is 27.2. The van der Waals surface area contributed by atoms with Crippen LogP contribution in [-0.4, -0.2) is 36.9 Å². The number of methoxy groups -OCH3 is 1. The summed E-state index contributed by atoms with van der Waals surface area (Å²) in [7, 11) is 3.34. The molecule has 0 aliphatic rings. The molecule has 1 unspecified atom stereocenters. The summed E-state index contributed by atoms with van der Waals surface area (Å²) in [6, 6.07) is 19.6. The van der Waals surface area contributed by atoms with Crippen LogP contribution in [0.5, 0.6) is 5.75 Å². The fraction of sp³-hybridized carbons (Fsp3) is 0.217. The van der Waals surface area contributed by atoms with E-state index in [0.717, 1.165) is 16.9 Å². The van der Waals surface area contributed by atoms with Gasteiger partial charge in [0.05, 0.1) is 13.4 Å². The molecule has 6 heteroatoms. The number of ether oxygens (including phenoxy) is 1. The molecule has 2 amide bonds. The molecule has 1 heterocycles. The number of hydrogen-bond donors (Lipinski definition) is 1. The molecule has 0 radical (unpaired) electrons. The van der Waals surface area contributed by atoms with E-state index < -0.39 is 11.9 Å². The number of nitrogens with zero attached hydrogens (tertiary/aromatic N) is 1. The molecule has 3 aromatic rings. The van der Waals surface area contributed by atoms with Crippen LogP contribution in [0.25, 0.3) is 0 Å². The summed E-state index contributed by atoms with van der Waals surface area (Å²) in [5.74, 6) is 0.343. The number of likely N-dealkylation sites (N-methyl/N-ethyl adjacent to an activating group) is 1. The summed E-state index contributed by atoms with van der Waals surface area (Å²) in [6.45, 7) is 0.421. The van der Waals surface area contributed by atoms with Crippen molar-refractivity contribution in [3.63, 3.8) is 0 Å². The molecular formula is C23H24N2O4. The maximum Gasteiger partial charge on any atom is 0.287 e. The van der Waals surface area contributed by atoms with Crippen LogP contribution >= 0.6 is 0 Å². The van der Waals surface area contributed by atoms with Crippen LogP contribution in [-0.2, 0) is 17.8 Å². The molecular weight excluding hydrogens is 368 g/mol. The molecule has 2 aromatic carbocycles. The highest BCUT2D eigenvalue weighted by atomic mass is 16.5. The number of carbonyl (C=O) groups is 2. The Morgan fingerprint density at radius 2 is 1.72 bits per heavy atom. The normalized spacial score (nSPS) is 11.5. The van der Waals surface area contributed by atoms with Crippen molar-refractivity contribution in [1.82, 2.24) is 10.2 Å². The molecule has 1 N–H and O–H groups in total. The number of hydrogen-bond acceptors (Lipinski definition) is 4. The third-order valence-electron chi connectivity index (χ3n) is 4.59. The van der Waals surface area contributed by atoms with Crippen LogP contribution in [0.1, 0.15) is 21.7 Å². The van der Waals surface area contributed by atoms with Crippen LogP contribution in [0, 0.1) is 0 Å². The standard InChI is InChI=1S/C23H24N2O4/c1-25(16-18-10-12-19(28-2)13-11-18)23(27)20(15-17-7-4-3-5-8-17)24-22(26)21-9-6-14-29-21/h3-14,20H,15-16H2,1-2H3,(H,24,26). The van der Waals surface area contributed by atoms with E-state index in [1.165, 1.54) is 6.26 Å². The summed E-state index contributed by atoms with van der Waals surface area (Å²) in [5, 5.41) is 2.81. The topological polar surface area (TPSA) is 71.8 Å². The van der Waals surface area contributed by atoms with Crippen molar-refractivity contribution in [3.05, 3.63) is 89.9 Å². The zero-order chi connectivity index (χ0) is 20.6. The van der Waals surface area contributed by atoms with Crippen LogP contribution in [0.4, 0.5) is 0 Å². The van der Waals surface area contributed by atoms with Crippen molar-refractivity contribution in [2.24, 2.45) is 0 Å². The largest absolute Gasteiger partial charge is 0.497 e. The summed E-state index contributed by atoms with van der Waals surface area (Å²) < 4.78 is 10.3. The minimum Gasteiger partial charge on any atom is -0.497 e. The molecule has 0 saturated carbocycles. The molecule has 3 rings (SSSR count). The van der Waals surface area contributed by atoms with Crippen LogP contribution in [0.3, 0.4) is 0 Å². The number of furan rings is 1. The second kappa shape index (κ2) is 9.59. The predicted molar refractivity (Wildman–Crippen MR) is 110 cm³/mol. The Kier molecular flexibility index (Phi) is 6.68. The average molecular weight is 392 g/mol. The van der Waals surface area contributed by atoms with E-state index in [9.17, 15) is 9.59 Å². The van der Waals surface area contributed by atoms with Crippen molar-refractivity contribution >= 4 is 11.8 Å². The Morgan fingerprint density at radius 3 is 2.34 bits per heavy atom. The molecule has 29 heavy (non-hydrogen) atoms. The average Bonchev–Trinajstić information content (AvgIpc) is 3.29. The third kappa shape index (κ3) is 5.48. The first-order chi connectivity index (χ1) is 14.1. The van der Waals surface area contributed by atoms with Crippen molar-refractivity contribution in [1.29, 1.82) is 0 Å². The van der Waals surface area contributed by atoms with Gasteiger partial charge in [-0.15, -0.1) is 0 Å². The predicted octanol–water partition coefficient (Wildman–Crippen LogP) is 3.29. The lowest BCUT2D eigenvalue weighted by Gasteiger charge is -2.25. The van der Waals surface area contributed by atoms with Crippen molar-refractivity contribution in [2.45, 2.75) is 19.0 Å². The van der Waals surface area contributed by atoms with Gasteiger partial charge < -0.3 is 19.4 Å². The van der Waals surface area contributed by atoms with Gasteiger partial charge in [-0.2, -0.15) is 0 Å². The molecule has 150 valence electrons. The first-order valence-electron chi connectivity index (χ1n) is 9.33. The molecule has 0 aliphatic heterocycles. The SMILES string of the molecule is COc1ccc(CN(C)C(=O)C(Cc2ccccc2)NC(=O)c2ccco2)cc1. The molecule has 0 bridgehead atoms. The van der Waals surface area contributed by atoms with Crippen molar-refractivity contribution in [3.8, 4) is 5.75 Å². The van der Waals surface area contributed by atoms with Crippen molar-refractivity contribution < 1.29 is 18.7 Å². The molecule has 1 atom stereocenters. The monoisotopic (exact) mass is 392 g/mol. The summed E-state index contributed by atoms with van der Waals surface area (Å²) in [6.07, 6.45) is 1.82. The minimum absolute atomic E-state index is 0.175. The van der Waals surface area contributed by atoms with Gasteiger partial charge in [0.2, 0.25) is 5.91 Å². The lowest BCUT2D eigenvalue weighted by atomic mass is 10.0. The number of carbonyl (C=O) groups excluding carboxylic acids is 2. The van der Waals surface area contributed by atoms with Gasteiger partial charge in [0.15, 0.2) is 5.76 Å². The highest BCUT2D eigenvalue weighted by Crippen LogP contribution is 2.14. The van der Waals surface area contributed by atoms with Gasteiger partial charge in [-0.25, -0.2) is 0 Å². The van der Waals surface area contributed by atoms with Gasteiger partial charge in [0.1, 0.15) is 11.8 Å². The number of benzene rings is 2. The smallest absolute Gasteiger partial charge is 0.287 e. The first kappa shape index (κ1) is 20.2. The Hall–Kier alpha value is -3.54. The number of rotatable bonds is 8. The molecule has 1 aromatic heterocycles. The van der Waals surface area contributed by atoms with Gasteiger partial charge >= 0.3 is 0 Å². The number of amides is 2. The Balaban J connectivity index is 1.73. The zero-order valence-electron chi connectivity index (χ0n) is 16.5. The fourth-order valence-corrected chi connectivity index (χ4v) is 3.04. The van der Waals surface area contributed by atoms with E-state index in [2.05, 4.69) is 5.32 Å².